The first kappa shape index (κ1) is 15.3. The highest BCUT2D eigenvalue weighted by Gasteiger charge is 2.24. The fourth-order valence-corrected chi connectivity index (χ4v) is 2.59. The summed E-state index contributed by atoms with van der Waals surface area (Å²) in [6, 6.07) is 1.80. The van der Waals surface area contributed by atoms with Gasteiger partial charge in [-0.15, -0.1) is 0 Å². The molecule has 1 aliphatic heterocycles. The van der Waals surface area contributed by atoms with Gasteiger partial charge in [0.2, 0.25) is 11.8 Å². The Balaban J connectivity index is 1.66. The number of carbonyl (C=O) groups is 1. The minimum atomic E-state index is 0.0143. The van der Waals surface area contributed by atoms with E-state index in [9.17, 15) is 4.79 Å². The highest BCUT2D eigenvalue weighted by Crippen LogP contribution is 2.17. The Hall–Kier alpha value is -2.64. The first-order chi connectivity index (χ1) is 11.1. The lowest BCUT2D eigenvalue weighted by molar-refractivity contribution is 0.0746. The molecule has 1 amide bonds. The van der Waals surface area contributed by atoms with Gasteiger partial charge in [-0.25, -0.2) is 4.98 Å². The van der Waals surface area contributed by atoms with Gasteiger partial charge in [-0.2, -0.15) is 10.1 Å². The van der Waals surface area contributed by atoms with Gasteiger partial charge in [-0.3, -0.25) is 9.48 Å². The van der Waals surface area contributed by atoms with Gasteiger partial charge < -0.3 is 14.5 Å². The number of anilines is 1. The zero-order valence-electron chi connectivity index (χ0n) is 13.6. The Morgan fingerprint density at radius 3 is 2.57 bits per heavy atom. The van der Waals surface area contributed by atoms with Crippen LogP contribution in [0.2, 0.25) is 0 Å². The number of amides is 1. The highest BCUT2D eigenvalue weighted by atomic mass is 16.5. The summed E-state index contributed by atoms with van der Waals surface area (Å²) in [4.78, 5) is 25.2. The van der Waals surface area contributed by atoms with E-state index in [1.165, 1.54) is 0 Å². The first-order valence-electron chi connectivity index (χ1n) is 7.49. The first-order valence-corrected chi connectivity index (χ1v) is 7.49. The van der Waals surface area contributed by atoms with Crippen LogP contribution in [0.5, 0.6) is 5.88 Å². The maximum atomic E-state index is 12.4. The SMILES string of the molecule is COc1cc(C)nc(N2CCN(C(=O)c3cnn(C)c3)CC2)n1. The van der Waals surface area contributed by atoms with Crippen LogP contribution in [0.3, 0.4) is 0 Å². The summed E-state index contributed by atoms with van der Waals surface area (Å²) in [5.41, 5.74) is 1.48. The predicted octanol–water partition coefficient (Wildman–Crippen LogP) is 0.490. The van der Waals surface area contributed by atoms with Gasteiger partial charge in [0.25, 0.3) is 5.91 Å². The molecule has 0 atom stereocenters. The van der Waals surface area contributed by atoms with Crippen LogP contribution in [-0.2, 0) is 7.05 Å². The van der Waals surface area contributed by atoms with Crippen molar-refractivity contribution < 1.29 is 9.53 Å². The van der Waals surface area contributed by atoms with Crippen molar-refractivity contribution in [3.63, 3.8) is 0 Å². The summed E-state index contributed by atoms with van der Waals surface area (Å²) < 4.78 is 6.83. The zero-order valence-corrected chi connectivity index (χ0v) is 13.6. The van der Waals surface area contributed by atoms with Crippen LogP contribution in [0.1, 0.15) is 16.1 Å². The van der Waals surface area contributed by atoms with Crippen LogP contribution < -0.4 is 9.64 Å². The van der Waals surface area contributed by atoms with Crippen LogP contribution in [0.15, 0.2) is 18.5 Å². The summed E-state index contributed by atoms with van der Waals surface area (Å²) in [7, 11) is 3.40. The lowest BCUT2D eigenvalue weighted by Crippen LogP contribution is -2.49. The van der Waals surface area contributed by atoms with Gasteiger partial charge in [0.05, 0.1) is 18.9 Å². The molecule has 8 nitrogen and oxygen atoms in total. The van der Waals surface area contributed by atoms with Crippen LogP contribution >= 0.6 is 0 Å². The quantitative estimate of drug-likeness (QED) is 0.820. The second-order valence-electron chi connectivity index (χ2n) is 5.53. The third-order valence-corrected chi connectivity index (χ3v) is 3.83. The average Bonchev–Trinajstić information content (AvgIpc) is 3.00. The third-order valence-electron chi connectivity index (χ3n) is 3.83. The number of rotatable bonds is 3. The number of carbonyl (C=O) groups excluding carboxylic acids is 1. The monoisotopic (exact) mass is 316 g/mol. The average molecular weight is 316 g/mol. The lowest BCUT2D eigenvalue weighted by Gasteiger charge is -2.34. The molecule has 3 rings (SSSR count). The van der Waals surface area contributed by atoms with E-state index in [0.29, 0.717) is 43.6 Å². The van der Waals surface area contributed by atoms with E-state index >= 15 is 0 Å². The van der Waals surface area contributed by atoms with Crippen molar-refractivity contribution in [2.45, 2.75) is 6.92 Å². The lowest BCUT2D eigenvalue weighted by atomic mass is 10.2. The predicted molar refractivity (Wildman–Crippen MR) is 84.6 cm³/mol. The molecular weight excluding hydrogens is 296 g/mol. The van der Waals surface area contributed by atoms with Crippen molar-refractivity contribution in [3.8, 4) is 5.88 Å². The van der Waals surface area contributed by atoms with Crippen LogP contribution in [0, 0.1) is 6.92 Å². The molecule has 8 heteroatoms. The molecule has 2 aromatic heterocycles. The van der Waals surface area contributed by atoms with E-state index in [1.54, 1.807) is 37.3 Å². The van der Waals surface area contributed by atoms with Crippen LogP contribution in [0.4, 0.5) is 5.95 Å². The standard InChI is InChI=1S/C15H20N6O2/c1-11-8-13(23-3)18-15(17-11)21-6-4-20(5-7-21)14(22)12-9-16-19(2)10-12/h8-10H,4-7H2,1-3H3. The van der Waals surface area contributed by atoms with Crippen molar-refractivity contribution in [2.24, 2.45) is 7.05 Å². The summed E-state index contributed by atoms with van der Waals surface area (Å²) in [5, 5.41) is 4.05. The summed E-state index contributed by atoms with van der Waals surface area (Å²) in [6.45, 7) is 4.56. The third kappa shape index (κ3) is 3.25. The van der Waals surface area contributed by atoms with Gasteiger partial charge in [0.1, 0.15) is 0 Å². The second kappa shape index (κ2) is 6.23. The Labute approximate surface area is 134 Å². The van der Waals surface area contributed by atoms with E-state index in [0.717, 1.165) is 5.69 Å². The van der Waals surface area contributed by atoms with Gasteiger partial charge in [-0.1, -0.05) is 0 Å². The smallest absolute Gasteiger partial charge is 0.257 e. The highest BCUT2D eigenvalue weighted by molar-refractivity contribution is 5.93. The maximum absolute atomic E-state index is 12.4. The molecule has 0 radical (unpaired) electrons. The molecule has 1 saturated heterocycles. The molecule has 3 heterocycles. The van der Waals surface area contributed by atoms with E-state index in [4.69, 9.17) is 4.74 Å². The summed E-state index contributed by atoms with van der Waals surface area (Å²) in [6.07, 6.45) is 3.34. The second-order valence-corrected chi connectivity index (χ2v) is 5.53. The van der Waals surface area contributed by atoms with Gasteiger partial charge in [-0.05, 0) is 6.92 Å². The number of hydrogen-bond acceptors (Lipinski definition) is 6. The molecule has 0 unspecified atom stereocenters. The zero-order chi connectivity index (χ0) is 16.4. The normalized spacial score (nSPS) is 14.9. The van der Waals surface area contributed by atoms with Gasteiger partial charge in [0, 0.05) is 51.2 Å². The number of nitrogens with zero attached hydrogens (tertiary/aromatic N) is 6. The largest absolute Gasteiger partial charge is 0.481 e. The molecule has 1 aliphatic rings. The number of methoxy groups -OCH3 is 1. The molecule has 0 saturated carbocycles. The van der Waals surface area contributed by atoms with Crippen LogP contribution in [0.25, 0.3) is 0 Å². The van der Waals surface area contributed by atoms with E-state index < -0.39 is 0 Å². The van der Waals surface area contributed by atoms with Crippen LogP contribution in [-0.4, -0.2) is 63.8 Å². The minimum Gasteiger partial charge on any atom is -0.481 e. The van der Waals surface area contributed by atoms with E-state index in [2.05, 4.69) is 20.0 Å². The van der Waals surface area contributed by atoms with E-state index in [1.807, 2.05) is 11.8 Å². The Morgan fingerprint density at radius 1 is 1.22 bits per heavy atom. The molecule has 1 fully saturated rings. The topological polar surface area (TPSA) is 76.4 Å². The fraction of sp³-hybridized carbons (Fsp3) is 0.467. The molecule has 0 aliphatic carbocycles. The summed E-state index contributed by atoms with van der Waals surface area (Å²) in [5.74, 6) is 1.22. The molecule has 2 aromatic rings. The number of ether oxygens (including phenoxy) is 1. The number of piperazine rings is 1. The molecule has 0 bridgehead atoms. The van der Waals surface area contributed by atoms with Crippen molar-refractivity contribution >= 4 is 11.9 Å². The Bertz CT molecular complexity index is 706. The Kier molecular flexibility index (Phi) is 4.14. The number of aromatic nitrogens is 4. The summed E-state index contributed by atoms with van der Waals surface area (Å²) >= 11 is 0. The van der Waals surface area contributed by atoms with Crippen molar-refractivity contribution in [1.82, 2.24) is 24.6 Å². The Morgan fingerprint density at radius 2 is 1.96 bits per heavy atom. The molecule has 122 valence electrons. The van der Waals surface area contributed by atoms with Crippen molar-refractivity contribution in [2.75, 3.05) is 38.2 Å². The number of aryl methyl sites for hydroxylation is 2. The maximum Gasteiger partial charge on any atom is 0.257 e. The van der Waals surface area contributed by atoms with Crippen molar-refractivity contribution in [1.29, 1.82) is 0 Å². The molecule has 0 spiro atoms. The number of hydrogen-bond donors (Lipinski definition) is 0. The minimum absolute atomic E-state index is 0.0143. The van der Waals surface area contributed by atoms with Gasteiger partial charge in [0.15, 0.2) is 0 Å². The molecular formula is C15H20N6O2. The van der Waals surface area contributed by atoms with E-state index in [-0.39, 0.29) is 5.91 Å². The van der Waals surface area contributed by atoms with Crippen molar-refractivity contribution in [3.05, 3.63) is 29.7 Å². The molecule has 0 N–H and O–H groups in total. The molecule has 0 aromatic carbocycles. The molecule has 23 heavy (non-hydrogen) atoms. The van der Waals surface area contributed by atoms with Gasteiger partial charge >= 0.3 is 0 Å². The fourth-order valence-electron chi connectivity index (χ4n) is 2.59.